The maximum absolute atomic E-state index is 13.5. The van der Waals surface area contributed by atoms with Gasteiger partial charge in [-0.3, -0.25) is 19.2 Å². The lowest BCUT2D eigenvalue weighted by atomic mass is 10.0. The Balaban J connectivity index is 1.30. The van der Waals surface area contributed by atoms with Crippen LogP contribution in [0.15, 0.2) is 42.1 Å². The van der Waals surface area contributed by atoms with E-state index in [0.717, 1.165) is 29.9 Å². The summed E-state index contributed by atoms with van der Waals surface area (Å²) in [6.07, 6.45) is 2.54. The average molecular weight is 525 g/mol. The molecule has 1 aliphatic carbocycles. The molecule has 5 rings (SSSR count). The van der Waals surface area contributed by atoms with Gasteiger partial charge in [0, 0.05) is 58.2 Å². The van der Waals surface area contributed by atoms with E-state index in [0.29, 0.717) is 45.9 Å². The number of hydrogen-bond acceptors (Lipinski definition) is 9. The molecule has 1 aromatic heterocycles. The van der Waals surface area contributed by atoms with Crippen LogP contribution in [0.2, 0.25) is 0 Å². The van der Waals surface area contributed by atoms with Gasteiger partial charge >= 0.3 is 0 Å². The van der Waals surface area contributed by atoms with Gasteiger partial charge < -0.3 is 24.2 Å². The first-order chi connectivity index (χ1) is 18.0. The number of ketones is 2. The Kier molecular flexibility index (Phi) is 7.45. The van der Waals surface area contributed by atoms with Crippen LogP contribution in [0.25, 0.3) is 0 Å². The third kappa shape index (κ3) is 5.07. The molecule has 194 valence electrons. The largest absolute Gasteiger partial charge is 0.383 e. The summed E-state index contributed by atoms with van der Waals surface area (Å²) < 4.78 is 10.7. The maximum atomic E-state index is 13.5. The van der Waals surface area contributed by atoms with Crippen molar-refractivity contribution in [3.63, 3.8) is 0 Å². The van der Waals surface area contributed by atoms with Gasteiger partial charge in [-0.1, -0.05) is 18.2 Å². The Hall–Kier alpha value is -3.41. The van der Waals surface area contributed by atoms with Crippen LogP contribution in [-0.4, -0.2) is 97.3 Å². The predicted octanol–water partition coefficient (Wildman–Crippen LogP) is 2.02. The number of anilines is 1. The number of hydrogen-bond donors (Lipinski definition) is 0. The highest BCUT2D eigenvalue weighted by atomic mass is 32.1. The number of methoxy groups -OCH3 is 1. The van der Waals surface area contributed by atoms with E-state index < -0.39 is 5.78 Å². The smallest absolute Gasteiger partial charge is 0.282 e. The third-order valence-electron chi connectivity index (χ3n) is 6.71. The van der Waals surface area contributed by atoms with Gasteiger partial charge in [0.25, 0.3) is 11.8 Å². The molecule has 37 heavy (non-hydrogen) atoms. The van der Waals surface area contributed by atoms with E-state index in [4.69, 9.17) is 9.47 Å². The number of aromatic nitrogens is 1. The van der Waals surface area contributed by atoms with E-state index in [2.05, 4.69) is 4.98 Å². The summed E-state index contributed by atoms with van der Waals surface area (Å²) >= 11 is 0.943. The minimum atomic E-state index is -0.406. The number of thiazole rings is 1. The number of rotatable bonds is 7. The molecular weight excluding hydrogens is 496 g/mol. The summed E-state index contributed by atoms with van der Waals surface area (Å²) in [7, 11) is 1.57. The van der Waals surface area contributed by atoms with Gasteiger partial charge in [0.15, 0.2) is 10.8 Å². The Morgan fingerprint density at radius 2 is 1.86 bits per heavy atom. The molecule has 10 nitrogen and oxygen atoms in total. The molecule has 1 unspecified atom stereocenters. The molecule has 3 aliphatic rings. The molecule has 0 saturated carbocycles. The Morgan fingerprint density at radius 1 is 1.14 bits per heavy atom. The standard InChI is InChI=1S/C26H28N4O6S/c1-35-15-13-30(17-6-3-2-4-7-17)18-16-19(31)23-21(22(18)32)27-24(37-23)26(34)29-11-9-28(10-12-29)25(33)20-8-5-14-36-20/h2-4,6-7,16,20H,5,8-15H2,1H3. The number of ether oxygens (including phenoxy) is 2. The molecule has 2 saturated heterocycles. The highest BCUT2D eigenvalue weighted by Gasteiger charge is 2.36. The highest BCUT2D eigenvalue weighted by molar-refractivity contribution is 7.16. The van der Waals surface area contributed by atoms with Crippen molar-refractivity contribution in [2.45, 2.75) is 18.9 Å². The molecular formula is C26H28N4O6S. The molecule has 0 radical (unpaired) electrons. The van der Waals surface area contributed by atoms with Crippen molar-refractivity contribution in [2.24, 2.45) is 0 Å². The van der Waals surface area contributed by atoms with Crippen molar-refractivity contribution in [3.8, 4) is 0 Å². The number of nitrogens with zero attached hydrogens (tertiary/aromatic N) is 4. The first kappa shape index (κ1) is 25.2. The fourth-order valence-corrected chi connectivity index (χ4v) is 5.67. The number of fused-ring (bicyclic) bond motifs is 1. The molecule has 3 heterocycles. The Labute approximate surface area is 218 Å². The molecule has 2 aromatic rings. The molecule has 0 bridgehead atoms. The summed E-state index contributed by atoms with van der Waals surface area (Å²) in [6.45, 7) is 2.84. The SMILES string of the molecule is COCCN(C1=CC(=O)c2sc(C(=O)N3CCN(C(=O)C4CCCO4)CC3)nc2C1=O)c1ccccc1. The second kappa shape index (κ2) is 10.9. The average Bonchev–Trinajstić information content (AvgIpc) is 3.63. The van der Waals surface area contributed by atoms with Crippen molar-refractivity contribution in [2.75, 3.05) is 57.9 Å². The number of piperazine rings is 1. The van der Waals surface area contributed by atoms with Gasteiger partial charge in [0.1, 0.15) is 16.7 Å². The quantitative estimate of drug-likeness (QED) is 0.541. The number of amides is 2. The van der Waals surface area contributed by atoms with Crippen molar-refractivity contribution in [3.05, 3.63) is 57.7 Å². The number of allylic oxidation sites excluding steroid dienone is 2. The monoisotopic (exact) mass is 524 g/mol. The number of carbonyl (C=O) groups excluding carboxylic acids is 4. The zero-order valence-corrected chi connectivity index (χ0v) is 21.4. The van der Waals surface area contributed by atoms with Crippen molar-refractivity contribution in [1.29, 1.82) is 0 Å². The number of Topliss-reactive ketones (excluding diaryl/α,β-unsaturated/α-hetero) is 1. The first-order valence-electron chi connectivity index (χ1n) is 12.3. The molecule has 1 aromatic carbocycles. The predicted molar refractivity (Wildman–Crippen MR) is 136 cm³/mol. The molecule has 1 atom stereocenters. The summed E-state index contributed by atoms with van der Waals surface area (Å²) in [5, 5.41) is 0.100. The van der Waals surface area contributed by atoms with Crippen LogP contribution < -0.4 is 4.90 Å². The van der Waals surface area contributed by atoms with Crippen molar-refractivity contribution >= 4 is 40.4 Å². The normalized spacial score (nSPS) is 19.6. The first-order valence-corrected chi connectivity index (χ1v) is 13.1. The second-order valence-corrected chi connectivity index (χ2v) is 10.0. The fourth-order valence-electron chi connectivity index (χ4n) is 4.73. The Bertz CT molecular complexity index is 1230. The van der Waals surface area contributed by atoms with Crippen LogP contribution >= 0.6 is 11.3 Å². The number of carbonyl (C=O) groups is 4. The van der Waals surface area contributed by atoms with E-state index in [1.807, 2.05) is 30.3 Å². The zero-order chi connectivity index (χ0) is 25.9. The van der Waals surface area contributed by atoms with Crippen LogP contribution in [0.3, 0.4) is 0 Å². The van der Waals surface area contributed by atoms with Gasteiger partial charge in [0.2, 0.25) is 5.78 Å². The lowest BCUT2D eigenvalue weighted by molar-refractivity contribution is -0.142. The van der Waals surface area contributed by atoms with Crippen LogP contribution in [0, 0.1) is 0 Å². The van der Waals surface area contributed by atoms with E-state index in [1.165, 1.54) is 6.08 Å². The van der Waals surface area contributed by atoms with Gasteiger partial charge in [0.05, 0.1) is 12.3 Å². The number of benzene rings is 1. The van der Waals surface area contributed by atoms with Crippen LogP contribution in [0.1, 0.15) is 42.8 Å². The van der Waals surface area contributed by atoms with Crippen LogP contribution in [0.4, 0.5) is 5.69 Å². The van der Waals surface area contributed by atoms with Gasteiger partial charge in [-0.05, 0) is 25.0 Å². The van der Waals surface area contributed by atoms with Crippen LogP contribution in [-0.2, 0) is 14.3 Å². The summed E-state index contributed by atoms with van der Waals surface area (Å²) in [4.78, 5) is 61.9. The molecule has 11 heteroatoms. The van der Waals surface area contributed by atoms with E-state index in [1.54, 1.807) is 21.8 Å². The topological polar surface area (TPSA) is 109 Å². The molecule has 0 spiro atoms. The van der Waals surface area contributed by atoms with Gasteiger partial charge in [-0.2, -0.15) is 0 Å². The van der Waals surface area contributed by atoms with Crippen LogP contribution in [0.5, 0.6) is 0 Å². The van der Waals surface area contributed by atoms with Crippen molar-refractivity contribution in [1.82, 2.24) is 14.8 Å². The fraction of sp³-hybridized carbons (Fsp3) is 0.423. The number of para-hydroxylation sites is 1. The van der Waals surface area contributed by atoms with E-state index in [9.17, 15) is 19.2 Å². The minimum absolute atomic E-state index is 0.00129. The zero-order valence-electron chi connectivity index (χ0n) is 20.6. The summed E-state index contributed by atoms with van der Waals surface area (Å²) in [5.74, 6) is -1.13. The van der Waals surface area contributed by atoms with Crippen molar-refractivity contribution < 1.29 is 28.7 Å². The third-order valence-corrected chi connectivity index (χ3v) is 7.77. The molecule has 0 N–H and O–H groups in total. The molecule has 2 amide bonds. The molecule has 2 aliphatic heterocycles. The van der Waals surface area contributed by atoms with Gasteiger partial charge in [-0.25, -0.2) is 4.98 Å². The second-order valence-electron chi connectivity index (χ2n) is 9.02. The van der Waals surface area contributed by atoms with E-state index >= 15 is 0 Å². The summed E-state index contributed by atoms with van der Waals surface area (Å²) in [6, 6.07) is 9.27. The lowest BCUT2D eigenvalue weighted by Crippen LogP contribution is -2.52. The van der Waals surface area contributed by atoms with E-state index in [-0.39, 0.29) is 45.0 Å². The lowest BCUT2D eigenvalue weighted by Gasteiger charge is -2.35. The summed E-state index contributed by atoms with van der Waals surface area (Å²) in [5.41, 5.74) is 0.949. The molecule has 2 fully saturated rings. The maximum Gasteiger partial charge on any atom is 0.282 e. The van der Waals surface area contributed by atoms with Gasteiger partial charge in [-0.15, -0.1) is 11.3 Å². The Morgan fingerprint density at radius 3 is 2.54 bits per heavy atom. The highest BCUT2D eigenvalue weighted by Crippen LogP contribution is 2.31. The minimum Gasteiger partial charge on any atom is -0.383 e.